The van der Waals surface area contributed by atoms with Crippen LogP contribution in [0.5, 0.6) is 11.5 Å². The van der Waals surface area contributed by atoms with Crippen molar-refractivity contribution in [2.75, 3.05) is 26.5 Å². The van der Waals surface area contributed by atoms with Gasteiger partial charge in [0, 0.05) is 25.2 Å². The first-order valence-corrected chi connectivity index (χ1v) is 6.37. The number of aromatic carboxylic acids is 1. The van der Waals surface area contributed by atoms with Crippen LogP contribution < -0.4 is 15.2 Å². The normalized spacial score (nSPS) is 10.3. The van der Waals surface area contributed by atoms with E-state index in [2.05, 4.69) is 0 Å². The molecule has 0 aliphatic heterocycles. The SMILES string of the molecule is COc1cc(N)c(C(=O)O)cc1OCC(=O)N(C)C(C)C. The standard InChI is InChI=1S/C14H20N2O5/c1-8(2)16(3)13(17)7-21-12-5-9(14(18)19)10(15)6-11(12)20-4/h5-6,8H,7,15H2,1-4H3,(H,18,19). The maximum atomic E-state index is 11.9. The molecule has 0 aromatic heterocycles. The topological polar surface area (TPSA) is 102 Å². The molecule has 0 atom stereocenters. The lowest BCUT2D eigenvalue weighted by Crippen LogP contribution is -2.36. The number of ether oxygens (including phenoxy) is 2. The van der Waals surface area contributed by atoms with E-state index in [1.165, 1.54) is 24.1 Å². The van der Waals surface area contributed by atoms with E-state index in [0.29, 0.717) is 0 Å². The van der Waals surface area contributed by atoms with Gasteiger partial charge in [-0.25, -0.2) is 4.79 Å². The molecule has 0 aliphatic carbocycles. The molecule has 1 aromatic carbocycles. The van der Waals surface area contributed by atoms with Crippen molar-refractivity contribution in [3.63, 3.8) is 0 Å². The van der Waals surface area contributed by atoms with Crippen molar-refractivity contribution in [2.45, 2.75) is 19.9 Å². The van der Waals surface area contributed by atoms with E-state index in [1.54, 1.807) is 7.05 Å². The number of amides is 1. The number of anilines is 1. The van der Waals surface area contributed by atoms with Crippen molar-refractivity contribution < 1.29 is 24.2 Å². The molecule has 0 unspecified atom stereocenters. The van der Waals surface area contributed by atoms with Crippen LogP contribution in [0.1, 0.15) is 24.2 Å². The maximum Gasteiger partial charge on any atom is 0.337 e. The Kier molecular flexibility index (Phi) is 5.40. The Labute approximate surface area is 123 Å². The average molecular weight is 296 g/mol. The molecule has 0 fully saturated rings. The summed E-state index contributed by atoms with van der Waals surface area (Å²) in [6, 6.07) is 2.65. The lowest BCUT2D eigenvalue weighted by Gasteiger charge is -2.21. The maximum absolute atomic E-state index is 11.9. The Balaban J connectivity index is 2.94. The molecule has 1 rings (SSSR count). The summed E-state index contributed by atoms with van der Waals surface area (Å²) in [7, 11) is 3.07. The van der Waals surface area contributed by atoms with E-state index in [0.717, 1.165) is 0 Å². The van der Waals surface area contributed by atoms with Crippen LogP contribution in [0.4, 0.5) is 5.69 Å². The molecule has 7 nitrogen and oxygen atoms in total. The number of hydrogen-bond acceptors (Lipinski definition) is 5. The number of carbonyl (C=O) groups is 2. The minimum Gasteiger partial charge on any atom is -0.493 e. The number of nitrogens with two attached hydrogens (primary N) is 1. The van der Waals surface area contributed by atoms with Crippen molar-refractivity contribution >= 4 is 17.6 Å². The highest BCUT2D eigenvalue weighted by molar-refractivity contribution is 5.94. The number of hydrogen-bond donors (Lipinski definition) is 2. The monoisotopic (exact) mass is 296 g/mol. The summed E-state index contributed by atoms with van der Waals surface area (Å²) in [6.07, 6.45) is 0. The molecule has 116 valence electrons. The predicted molar refractivity (Wildman–Crippen MR) is 77.8 cm³/mol. The first-order valence-electron chi connectivity index (χ1n) is 6.37. The van der Waals surface area contributed by atoms with E-state index >= 15 is 0 Å². The predicted octanol–water partition coefficient (Wildman–Crippen LogP) is 1.22. The number of nitrogen functional groups attached to an aromatic ring is 1. The molecule has 0 aliphatic rings. The van der Waals surface area contributed by atoms with E-state index in [1.807, 2.05) is 13.8 Å². The van der Waals surface area contributed by atoms with Gasteiger partial charge < -0.3 is 25.2 Å². The Morgan fingerprint density at radius 2 is 1.95 bits per heavy atom. The van der Waals surface area contributed by atoms with E-state index in [-0.39, 0.29) is 41.3 Å². The van der Waals surface area contributed by atoms with E-state index in [9.17, 15) is 9.59 Å². The smallest absolute Gasteiger partial charge is 0.337 e. The van der Waals surface area contributed by atoms with Crippen LogP contribution in [0, 0.1) is 0 Å². The molecule has 1 aromatic rings. The van der Waals surface area contributed by atoms with Gasteiger partial charge in [-0.1, -0.05) is 0 Å². The van der Waals surface area contributed by atoms with Gasteiger partial charge in [0.1, 0.15) is 0 Å². The fourth-order valence-electron chi connectivity index (χ4n) is 1.56. The number of rotatable bonds is 6. The third-order valence-corrected chi connectivity index (χ3v) is 3.09. The van der Waals surface area contributed by atoms with Crippen LogP contribution in [-0.2, 0) is 4.79 Å². The summed E-state index contributed by atoms with van der Waals surface area (Å²) < 4.78 is 10.5. The highest BCUT2D eigenvalue weighted by Crippen LogP contribution is 2.32. The van der Waals surface area contributed by atoms with Gasteiger partial charge in [-0.05, 0) is 13.8 Å². The molecule has 0 heterocycles. The third kappa shape index (κ3) is 4.01. The van der Waals surface area contributed by atoms with Gasteiger partial charge in [-0.15, -0.1) is 0 Å². The lowest BCUT2D eigenvalue weighted by atomic mass is 10.1. The molecule has 0 bridgehead atoms. The molecule has 1 amide bonds. The number of carboxylic acids is 1. The zero-order valence-corrected chi connectivity index (χ0v) is 12.5. The largest absolute Gasteiger partial charge is 0.493 e. The fraction of sp³-hybridized carbons (Fsp3) is 0.429. The summed E-state index contributed by atoms with van der Waals surface area (Å²) in [5.74, 6) is -0.960. The average Bonchev–Trinajstić information content (AvgIpc) is 2.43. The molecule has 0 saturated heterocycles. The van der Waals surface area contributed by atoms with Crippen molar-refractivity contribution in [1.82, 2.24) is 4.90 Å². The molecule has 3 N–H and O–H groups in total. The van der Waals surface area contributed by atoms with Crippen molar-refractivity contribution in [3.8, 4) is 11.5 Å². The van der Waals surface area contributed by atoms with Gasteiger partial charge in [-0.2, -0.15) is 0 Å². The number of benzene rings is 1. The van der Waals surface area contributed by atoms with Gasteiger partial charge in [-0.3, -0.25) is 4.79 Å². The molecule has 0 saturated carbocycles. The molecule has 21 heavy (non-hydrogen) atoms. The minimum atomic E-state index is -1.18. The summed E-state index contributed by atoms with van der Waals surface area (Å²) in [4.78, 5) is 24.4. The molecular weight excluding hydrogens is 276 g/mol. The van der Waals surface area contributed by atoms with Crippen LogP contribution in [0.25, 0.3) is 0 Å². The van der Waals surface area contributed by atoms with Gasteiger partial charge >= 0.3 is 5.97 Å². The fourth-order valence-corrected chi connectivity index (χ4v) is 1.56. The van der Waals surface area contributed by atoms with Crippen LogP contribution >= 0.6 is 0 Å². The summed E-state index contributed by atoms with van der Waals surface area (Å²) in [5, 5.41) is 9.04. The van der Waals surface area contributed by atoms with E-state index in [4.69, 9.17) is 20.3 Å². The number of carboxylic acid groups (broad SMARTS) is 1. The number of carbonyl (C=O) groups excluding carboxylic acids is 1. The van der Waals surface area contributed by atoms with Crippen molar-refractivity contribution in [3.05, 3.63) is 17.7 Å². The lowest BCUT2D eigenvalue weighted by molar-refractivity contribution is -0.133. The Bertz CT molecular complexity index is 542. The zero-order valence-electron chi connectivity index (χ0n) is 12.5. The van der Waals surface area contributed by atoms with Crippen LogP contribution in [0.15, 0.2) is 12.1 Å². The van der Waals surface area contributed by atoms with Crippen LogP contribution in [0.2, 0.25) is 0 Å². The summed E-state index contributed by atoms with van der Waals surface area (Å²) in [6.45, 7) is 3.54. The van der Waals surface area contributed by atoms with Crippen LogP contribution in [-0.4, -0.2) is 48.7 Å². The Morgan fingerprint density at radius 1 is 1.33 bits per heavy atom. The Hall–Kier alpha value is -2.44. The second-order valence-corrected chi connectivity index (χ2v) is 4.78. The highest BCUT2D eigenvalue weighted by atomic mass is 16.5. The van der Waals surface area contributed by atoms with Gasteiger partial charge in [0.25, 0.3) is 5.91 Å². The van der Waals surface area contributed by atoms with E-state index < -0.39 is 5.97 Å². The van der Waals surface area contributed by atoms with Crippen LogP contribution in [0.3, 0.4) is 0 Å². The first kappa shape index (κ1) is 16.6. The quantitative estimate of drug-likeness (QED) is 0.765. The summed E-state index contributed by atoms with van der Waals surface area (Å²) in [5.41, 5.74) is 5.58. The number of nitrogens with zero attached hydrogens (tertiary/aromatic N) is 1. The minimum absolute atomic E-state index is 0.0454. The van der Waals surface area contributed by atoms with Crippen molar-refractivity contribution in [1.29, 1.82) is 0 Å². The molecule has 7 heteroatoms. The highest BCUT2D eigenvalue weighted by Gasteiger charge is 2.17. The molecule has 0 spiro atoms. The zero-order chi connectivity index (χ0) is 16.2. The third-order valence-electron chi connectivity index (χ3n) is 3.09. The summed E-state index contributed by atoms with van der Waals surface area (Å²) >= 11 is 0. The number of likely N-dealkylation sites (N-methyl/N-ethyl adjacent to an activating group) is 1. The first-order chi connectivity index (χ1) is 9.77. The van der Waals surface area contributed by atoms with Crippen molar-refractivity contribution in [2.24, 2.45) is 0 Å². The number of methoxy groups -OCH3 is 1. The second-order valence-electron chi connectivity index (χ2n) is 4.78. The molecule has 0 radical (unpaired) electrons. The Morgan fingerprint density at radius 3 is 2.43 bits per heavy atom. The van der Waals surface area contributed by atoms with Gasteiger partial charge in [0.2, 0.25) is 0 Å². The second kappa shape index (κ2) is 6.83. The van der Waals surface area contributed by atoms with Gasteiger partial charge in [0.05, 0.1) is 18.4 Å². The molecular formula is C14H20N2O5. The van der Waals surface area contributed by atoms with Gasteiger partial charge in [0.15, 0.2) is 18.1 Å².